The molecule has 2 N–H and O–H groups in total. The van der Waals surface area contributed by atoms with Gasteiger partial charge in [-0.05, 0) is 41.0 Å². The van der Waals surface area contributed by atoms with Crippen molar-refractivity contribution in [1.82, 2.24) is 0 Å². The van der Waals surface area contributed by atoms with E-state index >= 15 is 0 Å². The van der Waals surface area contributed by atoms with Gasteiger partial charge in [0.25, 0.3) is 0 Å². The molecule has 2 rings (SSSR count). The molecule has 0 bridgehead atoms. The van der Waals surface area contributed by atoms with Crippen molar-refractivity contribution in [2.24, 2.45) is 5.73 Å². The Labute approximate surface area is 110 Å². The number of nitrogens with two attached hydrogens (primary N) is 1. The van der Waals surface area contributed by atoms with E-state index in [2.05, 4.69) is 34.1 Å². The zero-order valence-electron chi connectivity index (χ0n) is 9.61. The van der Waals surface area contributed by atoms with Crippen molar-refractivity contribution >= 4 is 15.9 Å². The molecule has 2 nitrogen and oxygen atoms in total. The number of methoxy groups -OCH3 is 1. The van der Waals surface area contributed by atoms with E-state index in [0.29, 0.717) is 6.54 Å². The number of rotatable bonds is 3. The first-order valence-corrected chi connectivity index (χ1v) is 6.17. The molecule has 17 heavy (non-hydrogen) atoms. The van der Waals surface area contributed by atoms with Crippen LogP contribution in [0.5, 0.6) is 5.75 Å². The summed E-state index contributed by atoms with van der Waals surface area (Å²) in [4.78, 5) is 0. The molecule has 0 spiro atoms. The molecule has 3 heteroatoms. The first-order valence-electron chi connectivity index (χ1n) is 5.37. The molecular weight excluding hydrogens is 278 g/mol. The van der Waals surface area contributed by atoms with Crippen molar-refractivity contribution < 1.29 is 4.74 Å². The summed E-state index contributed by atoms with van der Waals surface area (Å²) in [6.45, 7) is 0.526. The maximum atomic E-state index is 5.70. The standard InChI is InChI=1S/C14H14BrNO/c1-17-13-4-2-3-10(8-13)11-5-6-14(15)12(7-11)9-16/h2-8H,9,16H2,1H3. The average molecular weight is 292 g/mol. The molecule has 0 saturated heterocycles. The lowest BCUT2D eigenvalue weighted by Gasteiger charge is -2.08. The maximum Gasteiger partial charge on any atom is 0.119 e. The van der Waals surface area contributed by atoms with Gasteiger partial charge >= 0.3 is 0 Å². The molecule has 88 valence electrons. The van der Waals surface area contributed by atoms with Gasteiger partial charge in [0.2, 0.25) is 0 Å². The minimum absolute atomic E-state index is 0.526. The summed E-state index contributed by atoms with van der Waals surface area (Å²) >= 11 is 3.49. The summed E-state index contributed by atoms with van der Waals surface area (Å²) in [5, 5.41) is 0. The summed E-state index contributed by atoms with van der Waals surface area (Å²) in [5.41, 5.74) is 9.08. The minimum atomic E-state index is 0.526. The topological polar surface area (TPSA) is 35.2 Å². The molecule has 2 aromatic rings. The molecule has 0 radical (unpaired) electrons. The fourth-order valence-electron chi connectivity index (χ4n) is 1.71. The van der Waals surface area contributed by atoms with Crippen molar-refractivity contribution in [1.29, 1.82) is 0 Å². The van der Waals surface area contributed by atoms with Gasteiger partial charge in [0, 0.05) is 11.0 Å². The van der Waals surface area contributed by atoms with Crippen LogP contribution in [0.25, 0.3) is 11.1 Å². The van der Waals surface area contributed by atoms with E-state index in [1.807, 2.05) is 24.3 Å². The van der Waals surface area contributed by atoms with E-state index in [-0.39, 0.29) is 0 Å². The van der Waals surface area contributed by atoms with Gasteiger partial charge in [-0.3, -0.25) is 0 Å². The number of halogens is 1. The van der Waals surface area contributed by atoms with Crippen LogP contribution in [-0.2, 0) is 6.54 Å². The monoisotopic (exact) mass is 291 g/mol. The van der Waals surface area contributed by atoms with Gasteiger partial charge < -0.3 is 10.5 Å². The second-order valence-corrected chi connectivity index (χ2v) is 4.60. The highest BCUT2D eigenvalue weighted by Gasteiger charge is 2.03. The van der Waals surface area contributed by atoms with E-state index in [1.54, 1.807) is 7.11 Å². The number of benzene rings is 2. The number of hydrogen-bond acceptors (Lipinski definition) is 2. The van der Waals surface area contributed by atoms with E-state index in [4.69, 9.17) is 10.5 Å². The smallest absolute Gasteiger partial charge is 0.119 e. The predicted molar refractivity (Wildman–Crippen MR) is 74.0 cm³/mol. The van der Waals surface area contributed by atoms with Crippen molar-refractivity contribution in [2.75, 3.05) is 7.11 Å². The van der Waals surface area contributed by atoms with Gasteiger partial charge in [0.05, 0.1) is 7.11 Å². The quantitative estimate of drug-likeness (QED) is 0.938. The highest BCUT2D eigenvalue weighted by molar-refractivity contribution is 9.10. The molecule has 0 heterocycles. The Morgan fingerprint density at radius 2 is 1.88 bits per heavy atom. The normalized spacial score (nSPS) is 10.3. The van der Waals surface area contributed by atoms with E-state index in [9.17, 15) is 0 Å². The van der Waals surface area contributed by atoms with Crippen LogP contribution in [0.4, 0.5) is 0 Å². The van der Waals surface area contributed by atoms with Gasteiger partial charge in [0.15, 0.2) is 0 Å². The van der Waals surface area contributed by atoms with Crippen LogP contribution in [0.2, 0.25) is 0 Å². The lowest BCUT2D eigenvalue weighted by atomic mass is 10.0. The highest BCUT2D eigenvalue weighted by atomic mass is 79.9. The molecule has 0 aromatic heterocycles. The van der Waals surface area contributed by atoms with Gasteiger partial charge in [-0.15, -0.1) is 0 Å². The molecule has 0 unspecified atom stereocenters. The second-order valence-electron chi connectivity index (χ2n) is 3.74. The molecule has 0 fully saturated rings. The highest BCUT2D eigenvalue weighted by Crippen LogP contribution is 2.27. The zero-order valence-corrected chi connectivity index (χ0v) is 11.2. The van der Waals surface area contributed by atoms with Crippen molar-refractivity contribution in [2.45, 2.75) is 6.54 Å². The van der Waals surface area contributed by atoms with Crippen molar-refractivity contribution in [3.63, 3.8) is 0 Å². The Kier molecular flexibility index (Phi) is 3.82. The Morgan fingerprint density at radius 3 is 2.59 bits per heavy atom. The summed E-state index contributed by atoms with van der Waals surface area (Å²) < 4.78 is 6.27. The van der Waals surface area contributed by atoms with Crippen LogP contribution in [-0.4, -0.2) is 7.11 Å². The summed E-state index contributed by atoms with van der Waals surface area (Å²) in [6.07, 6.45) is 0. The molecule has 0 saturated carbocycles. The molecule has 0 aliphatic rings. The second kappa shape index (κ2) is 5.34. The van der Waals surface area contributed by atoms with Gasteiger partial charge in [-0.25, -0.2) is 0 Å². The fourth-order valence-corrected chi connectivity index (χ4v) is 2.12. The third-order valence-corrected chi connectivity index (χ3v) is 3.44. The first-order chi connectivity index (χ1) is 8.24. The Morgan fingerprint density at radius 1 is 1.12 bits per heavy atom. The number of ether oxygens (including phenoxy) is 1. The van der Waals surface area contributed by atoms with Crippen molar-refractivity contribution in [3.05, 3.63) is 52.5 Å². The molecule has 0 atom stereocenters. The minimum Gasteiger partial charge on any atom is -0.497 e. The summed E-state index contributed by atoms with van der Waals surface area (Å²) in [7, 11) is 1.67. The van der Waals surface area contributed by atoms with Crippen LogP contribution >= 0.6 is 15.9 Å². The lowest BCUT2D eigenvalue weighted by molar-refractivity contribution is 0.415. The van der Waals surface area contributed by atoms with Crippen molar-refractivity contribution in [3.8, 4) is 16.9 Å². The average Bonchev–Trinajstić information content (AvgIpc) is 2.39. The van der Waals surface area contributed by atoms with Gasteiger partial charge in [-0.2, -0.15) is 0 Å². The van der Waals surface area contributed by atoms with E-state index in [1.165, 1.54) is 0 Å². The van der Waals surface area contributed by atoms with Crippen LogP contribution in [0.15, 0.2) is 46.9 Å². The van der Waals surface area contributed by atoms with Gasteiger partial charge in [0.1, 0.15) is 5.75 Å². The SMILES string of the molecule is COc1cccc(-c2ccc(Br)c(CN)c2)c1. The lowest BCUT2D eigenvalue weighted by Crippen LogP contribution is -1.97. The van der Waals surface area contributed by atoms with Crippen LogP contribution in [0, 0.1) is 0 Å². The van der Waals surface area contributed by atoms with E-state index < -0.39 is 0 Å². The summed E-state index contributed by atoms with van der Waals surface area (Å²) in [5.74, 6) is 0.861. The van der Waals surface area contributed by atoms with Crippen LogP contribution < -0.4 is 10.5 Å². The fraction of sp³-hybridized carbons (Fsp3) is 0.143. The molecule has 0 aliphatic carbocycles. The molecular formula is C14H14BrNO. The third-order valence-electron chi connectivity index (χ3n) is 2.67. The van der Waals surface area contributed by atoms with Gasteiger partial charge in [-0.1, -0.05) is 34.1 Å². The molecule has 0 amide bonds. The predicted octanol–water partition coefficient (Wildman–Crippen LogP) is 3.58. The van der Waals surface area contributed by atoms with Crippen LogP contribution in [0.3, 0.4) is 0 Å². The Hall–Kier alpha value is -1.32. The maximum absolute atomic E-state index is 5.70. The van der Waals surface area contributed by atoms with Crippen LogP contribution in [0.1, 0.15) is 5.56 Å². The first kappa shape index (κ1) is 12.1. The zero-order chi connectivity index (χ0) is 12.3. The summed E-state index contributed by atoms with van der Waals surface area (Å²) in [6, 6.07) is 14.2. The van der Waals surface area contributed by atoms with E-state index in [0.717, 1.165) is 26.9 Å². The Balaban J connectivity index is 2.45. The number of hydrogen-bond donors (Lipinski definition) is 1. The largest absolute Gasteiger partial charge is 0.497 e. The third kappa shape index (κ3) is 2.68. The molecule has 0 aliphatic heterocycles. The molecule has 2 aromatic carbocycles. The Bertz CT molecular complexity index is 525.